The average molecular weight is 456 g/mol. The first-order valence-electron chi connectivity index (χ1n) is 11.8. The van der Waals surface area contributed by atoms with Crippen molar-refractivity contribution >= 4 is 17.0 Å². The summed E-state index contributed by atoms with van der Waals surface area (Å²) in [5, 5.41) is 3.31. The van der Waals surface area contributed by atoms with Gasteiger partial charge in [-0.25, -0.2) is 4.39 Å². The van der Waals surface area contributed by atoms with Gasteiger partial charge in [0.2, 0.25) is 0 Å². The monoisotopic (exact) mass is 455 g/mol. The van der Waals surface area contributed by atoms with Crippen molar-refractivity contribution in [1.82, 2.24) is 5.32 Å². The number of halogens is 1. The molecule has 1 aromatic rings. The molecule has 4 nitrogen and oxygen atoms in total. The first kappa shape index (κ1) is 28.4. The molecule has 5 heteroatoms. The number of hydrogen-bond acceptors (Lipinski definition) is 4. The molecular formula is C28H42FN3O. The fourth-order valence-electron chi connectivity index (χ4n) is 3.08. The smallest absolute Gasteiger partial charge is 0.194 e. The van der Waals surface area contributed by atoms with Gasteiger partial charge in [-0.15, -0.1) is 0 Å². The number of aliphatic imine (C=N–C) groups is 1. The highest BCUT2D eigenvalue weighted by atomic mass is 19.1. The summed E-state index contributed by atoms with van der Waals surface area (Å²) in [5.74, 6) is -1.13. The van der Waals surface area contributed by atoms with Crippen LogP contribution in [0, 0.1) is 0 Å². The Balaban J connectivity index is 3.05. The minimum atomic E-state index is -1.95. The molecular weight excluding hydrogens is 413 g/mol. The molecule has 0 fully saturated rings. The van der Waals surface area contributed by atoms with E-state index in [9.17, 15) is 4.39 Å². The van der Waals surface area contributed by atoms with Crippen LogP contribution in [-0.4, -0.2) is 24.2 Å². The molecule has 182 valence electrons. The number of hydrogen-bond donors (Lipinski definition) is 2. The molecule has 0 heterocycles. The van der Waals surface area contributed by atoms with Gasteiger partial charge in [-0.1, -0.05) is 64.5 Å². The SMILES string of the molecule is C=C/C(=C\N=C(/C)C(C)(N)F)CNC(=C)c1cc(OC(CCC)CCCC)cc(C(=C)C)c1. The molecule has 0 saturated carbocycles. The van der Waals surface area contributed by atoms with Crippen molar-refractivity contribution in [2.24, 2.45) is 10.7 Å². The molecule has 0 aliphatic heterocycles. The van der Waals surface area contributed by atoms with Crippen LogP contribution < -0.4 is 15.8 Å². The van der Waals surface area contributed by atoms with Gasteiger partial charge < -0.3 is 10.1 Å². The lowest BCUT2D eigenvalue weighted by atomic mass is 10.0. The predicted octanol–water partition coefficient (Wildman–Crippen LogP) is 7.19. The van der Waals surface area contributed by atoms with E-state index in [2.05, 4.69) is 43.9 Å². The van der Waals surface area contributed by atoms with Gasteiger partial charge in [0.05, 0.1) is 11.8 Å². The number of nitrogens with zero attached hydrogens (tertiary/aromatic N) is 1. The highest BCUT2D eigenvalue weighted by Gasteiger charge is 2.19. The number of ether oxygens (including phenoxy) is 1. The zero-order valence-corrected chi connectivity index (χ0v) is 21.1. The number of allylic oxidation sites excluding steroid dienone is 1. The van der Waals surface area contributed by atoms with E-state index in [-0.39, 0.29) is 11.8 Å². The summed E-state index contributed by atoms with van der Waals surface area (Å²) in [5.41, 5.74) is 10.1. The van der Waals surface area contributed by atoms with Crippen molar-refractivity contribution in [3.63, 3.8) is 0 Å². The molecule has 1 aromatic carbocycles. The van der Waals surface area contributed by atoms with Gasteiger partial charge in [0.1, 0.15) is 5.75 Å². The molecule has 0 amide bonds. The topological polar surface area (TPSA) is 59.6 Å². The Morgan fingerprint density at radius 3 is 2.39 bits per heavy atom. The number of nitrogens with one attached hydrogen (secondary N) is 1. The van der Waals surface area contributed by atoms with Gasteiger partial charge in [0, 0.05) is 24.0 Å². The Hall–Kier alpha value is -2.66. The van der Waals surface area contributed by atoms with E-state index in [4.69, 9.17) is 10.5 Å². The third-order valence-electron chi connectivity index (χ3n) is 5.44. The summed E-state index contributed by atoms with van der Waals surface area (Å²) in [6.07, 6.45) is 8.89. The van der Waals surface area contributed by atoms with Gasteiger partial charge in [0.15, 0.2) is 5.79 Å². The molecule has 0 aliphatic carbocycles. The van der Waals surface area contributed by atoms with Crippen LogP contribution in [0.15, 0.2) is 60.8 Å². The van der Waals surface area contributed by atoms with E-state index >= 15 is 0 Å². The van der Waals surface area contributed by atoms with Crippen LogP contribution in [0.2, 0.25) is 0 Å². The second-order valence-electron chi connectivity index (χ2n) is 8.73. The Bertz CT molecular complexity index is 878. The summed E-state index contributed by atoms with van der Waals surface area (Å²) in [7, 11) is 0. The van der Waals surface area contributed by atoms with Crippen LogP contribution in [0.25, 0.3) is 11.3 Å². The van der Waals surface area contributed by atoms with E-state index < -0.39 is 5.79 Å². The standard InChI is InChI=1S/C28H42FN3O/c1-9-12-14-26(13-10-2)33-27-16-24(20(4)5)15-25(17-27)21(6)31-18-23(11-3)19-32-22(7)28(8,29)30/h11,15-17,19,26,31H,3-4,6,9-10,12-14,18,30H2,1-2,5,7-8H3/b23-19+,32-22+. The van der Waals surface area contributed by atoms with Crippen LogP contribution in [0.4, 0.5) is 4.39 Å². The van der Waals surface area contributed by atoms with E-state index in [1.807, 2.05) is 25.1 Å². The lowest BCUT2D eigenvalue weighted by Crippen LogP contribution is -2.38. The summed E-state index contributed by atoms with van der Waals surface area (Å²) in [4.78, 5) is 4.13. The van der Waals surface area contributed by atoms with Crippen molar-refractivity contribution in [3.05, 3.63) is 66.9 Å². The quantitative estimate of drug-likeness (QED) is 0.167. The van der Waals surface area contributed by atoms with E-state index in [1.165, 1.54) is 6.92 Å². The van der Waals surface area contributed by atoms with Crippen LogP contribution in [-0.2, 0) is 0 Å². The van der Waals surface area contributed by atoms with Crippen molar-refractivity contribution < 1.29 is 9.13 Å². The Morgan fingerprint density at radius 2 is 1.85 bits per heavy atom. The molecule has 2 unspecified atom stereocenters. The summed E-state index contributed by atoms with van der Waals surface area (Å²) in [6, 6.07) is 6.11. The average Bonchev–Trinajstić information content (AvgIpc) is 2.76. The number of unbranched alkanes of at least 4 members (excludes halogenated alkanes) is 1. The van der Waals surface area contributed by atoms with Crippen molar-refractivity contribution in [2.75, 3.05) is 6.54 Å². The summed E-state index contributed by atoms with van der Waals surface area (Å²) < 4.78 is 20.1. The molecule has 3 N–H and O–H groups in total. The maximum absolute atomic E-state index is 13.8. The lowest BCUT2D eigenvalue weighted by Gasteiger charge is -2.20. The first-order valence-corrected chi connectivity index (χ1v) is 11.8. The molecule has 2 atom stereocenters. The van der Waals surface area contributed by atoms with E-state index in [1.54, 1.807) is 19.2 Å². The second-order valence-corrected chi connectivity index (χ2v) is 8.73. The third-order valence-corrected chi connectivity index (χ3v) is 5.44. The maximum Gasteiger partial charge on any atom is 0.194 e. The minimum Gasteiger partial charge on any atom is -0.490 e. The predicted molar refractivity (Wildman–Crippen MR) is 142 cm³/mol. The minimum absolute atomic E-state index is 0.196. The van der Waals surface area contributed by atoms with E-state index in [0.717, 1.165) is 65.8 Å². The van der Waals surface area contributed by atoms with Crippen molar-refractivity contribution in [3.8, 4) is 5.75 Å². The zero-order chi connectivity index (χ0) is 25.0. The van der Waals surface area contributed by atoms with Crippen LogP contribution in [0.3, 0.4) is 0 Å². The van der Waals surface area contributed by atoms with Crippen LogP contribution >= 0.6 is 0 Å². The van der Waals surface area contributed by atoms with Crippen molar-refractivity contribution in [2.45, 2.75) is 78.6 Å². The number of benzene rings is 1. The van der Waals surface area contributed by atoms with Crippen molar-refractivity contribution in [1.29, 1.82) is 0 Å². The normalized spacial score (nSPS) is 14.9. The lowest BCUT2D eigenvalue weighted by molar-refractivity contribution is 0.176. The fraction of sp³-hybridized carbons (Fsp3) is 0.464. The van der Waals surface area contributed by atoms with Gasteiger partial charge in [-0.2, -0.15) is 0 Å². The maximum atomic E-state index is 13.8. The molecule has 0 aliphatic rings. The Kier molecular flexibility index (Phi) is 11.9. The number of rotatable bonds is 15. The van der Waals surface area contributed by atoms with Gasteiger partial charge in [-0.3, -0.25) is 10.7 Å². The number of alkyl halides is 1. The summed E-state index contributed by atoms with van der Waals surface area (Å²) in [6.45, 7) is 21.7. The molecule has 0 bridgehead atoms. The Morgan fingerprint density at radius 1 is 1.18 bits per heavy atom. The molecule has 0 spiro atoms. The highest BCUT2D eigenvalue weighted by Crippen LogP contribution is 2.27. The molecule has 1 rings (SSSR count). The fourth-order valence-corrected chi connectivity index (χ4v) is 3.08. The van der Waals surface area contributed by atoms with Gasteiger partial charge >= 0.3 is 0 Å². The summed E-state index contributed by atoms with van der Waals surface area (Å²) >= 11 is 0. The zero-order valence-electron chi connectivity index (χ0n) is 21.1. The molecule has 0 radical (unpaired) electrons. The largest absolute Gasteiger partial charge is 0.490 e. The molecule has 0 saturated heterocycles. The molecule has 33 heavy (non-hydrogen) atoms. The third kappa shape index (κ3) is 10.2. The Labute approximate surface area is 200 Å². The second kappa shape index (κ2) is 13.8. The highest BCUT2D eigenvalue weighted by molar-refractivity contribution is 5.89. The van der Waals surface area contributed by atoms with E-state index in [0.29, 0.717) is 6.54 Å². The van der Waals surface area contributed by atoms with Crippen LogP contribution in [0.1, 0.15) is 77.8 Å². The first-order chi connectivity index (χ1) is 15.5. The van der Waals surface area contributed by atoms with Gasteiger partial charge in [0.25, 0.3) is 0 Å². The molecule has 0 aromatic heterocycles. The van der Waals surface area contributed by atoms with Crippen LogP contribution in [0.5, 0.6) is 5.75 Å². The van der Waals surface area contributed by atoms with Gasteiger partial charge in [-0.05, 0) is 62.9 Å². The number of nitrogens with two attached hydrogens (primary N) is 1.